The normalized spacial score (nSPS) is 11.8. The Balaban J connectivity index is 3.56. The lowest BCUT2D eigenvalue weighted by atomic mass is 10.3. The second-order valence-corrected chi connectivity index (χ2v) is 3.35. The van der Waals surface area contributed by atoms with Crippen molar-refractivity contribution in [2.24, 2.45) is 5.73 Å². The topological polar surface area (TPSA) is 67.2 Å². The highest BCUT2D eigenvalue weighted by Crippen LogP contribution is 1.84. The molecule has 13 heavy (non-hydrogen) atoms. The molecule has 4 nitrogen and oxygen atoms in total. The average Bonchev–Trinajstić information content (AvgIpc) is 2.04. The molecule has 0 radical (unpaired) electrons. The molecule has 0 bridgehead atoms. The maximum absolute atomic E-state index is 11.1. The maximum atomic E-state index is 11.1. The van der Waals surface area contributed by atoms with Crippen LogP contribution in [0.4, 0.5) is 4.79 Å². The minimum absolute atomic E-state index is 0.214. The lowest BCUT2D eigenvalue weighted by Gasteiger charge is -2.12. The highest BCUT2D eigenvalue weighted by molar-refractivity contribution is 7.80. The summed E-state index contributed by atoms with van der Waals surface area (Å²) in [6, 6.07) is -0.467. The molecule has 0 fully saturated rings. The highest BCUT2D eigenvalue weighted by atomic mass is 32.1. The van der Waals surface area contributed by atoms with Gasteiger partial charge in [0, 0.05) is 6.54 Å². The average molecular weight is 203 g/mol. The Hall–Kier alpha value is -0.840. The van der Waals surface area contributed by atoms with E-state index in [1.807, 2.05) is 0 Å². The molecule has 0 rings (SSSR count). The minimum Gasteiger partial charge on any atom is -0.392 e. The van der Waals surface area contributed by atoms with Crippen LogP contribution in [0.3, 0.4) is 0 Å². The quantitative estimate of drug-likeness (QED) is 0.456. The van der Waals surface area contributed by atoms with Crippen molar-refractivity contribution in [3.63, 3.8) is 0 Å². The Morgan fingerprint density at radius 3 is 2.69 bits per heavy atom. The van der Waals surface area contributed by atoms with Gasteiger partial charge >= 0.3 is 6.03 Å². The van der Waals surface area contributed by atoms with E-state index in [2.05, 4.69) is 17.6 Å². The van der Waals surface area contributed by atoms with Gasteiger partial charge in [-0.1, -0.05) is 25.6 Å². The van der Waals surface area contributed by atoms with Crippen LogP contribution < -0.4 is 16.4 Å². The van der Waals surface area contributed by atoms with Crippen LogP contribution in [0.15, 0.2) is 0 Å². The molecule has 2 amide bonds. The number of thiocarbonyl (C=S) groups is 1. The van der Waals surface area contributed by atoms with Gasteiger partial charge in [0.05, 0.1) is 11.0 Å². The zero-order chi connectivity index (χ0) is 10.3. The van der Waals surface area contributed by atoms with E-state index in [9.17, 15) is 4.79 Å². The summed E-state index contributed by atoms with van der Waals surface area (Å²) in [4.78, 5) is 11.4. The fourth-order valence-electron chi connectivity index (χ4n) is 0.697. The zero-order valence-electron chi connectivity index (χ0n) is 8.09. The first-order valence-corrected chi connectivity index (χ1v) is 4.82. The van der Waals surface area contributed by atoms with Gasteiger partial charge in [0.1, 0.15) is 0 Å². The van der Waals surface area contributed by atoms with E-state index in [0.717, 1.165) is 12.8 Å². The van der Waals surface area contributed by atoms with E-state index in [4.69, 9.17) is 18.0 Å². The van der Waals surface area contributed by atoms with Gasteiger partial charge in [0.25, 0.3) is 0 Å². The van der Waals surface area contributed by atoms with Crippen molar-refractivity contribution in [2.45, 2.75) is 32.7 Å². The van der Waals surface area contributed by atoms with Crippen LogP contribution >= 0.6 is 12.2 Å². The summed E-state index contributed by atoms with van der Waals surface area (Å²) in [6.45, 7) is 4.51. The lowest BCUT2D eigenvalue weighted by Crippen LogP contribution is -2.46. The van der Waals surface area contributed by atoms with Crippen molar-refractivity contribution >= 4 is 23.2 Å². The predicted octanol–water partition coefficient (Wildman–Crippen LogP) is 0.760. The molecule has 0 aliphatic heterocycles. The number of hydrogen-bond acceptors (Lipinski definition) is 2. The third-order valence-corrected chi connectivity index (χ3v) is 1.94. The van der Waals surface area contributed by atoms with Gasteiger partial charge in [-0.15, -0.1) is 0 Å². The third kappa shape index (κ3) is 6.33. The van der Waals surface area contributed by atoms with Crippen LogP contribution in [0, 0.1) is 0 Å². The number of carbonyl (C=O) groups is 1. The Morgan fingerprint density at radius 2 is 2.23 bits per heavy atom. The molecule has 0 spiro atoms. The van der Waals surface area contributed by atoms with Gasteiger partial charge in [-0.25, -0.2) is 4.79 Å². The molecule has 5 heteroatoms. The van der Waals surface area contributed by atoms with Crippen LogP contribution in [-0.2, 0) is 0 Å². The summed E-state index contributed by atoms with van der Waals surface area (Å²) < 4.78 is 0. The molecule has 0 aromatic rings. The summed E-state index contributed by atoms with van der Waals surface area (Å²) >= 11 is 4.71. The second-order valence-electron chi connectivity index (χ2n) is 2.88. The fraction of sp³-hybridized carbons (Fsp3) is 0.750. The van der Waals surface area contributed by atoms with E-state index in [1.54, 1.807) is 6.92 Å². The number of carbonyl (C=O) groups excluding carboxylic acids is 1. The van der Waals surface area contributed by atoms with Gasteiger partial charge < -0.3 is 16.4 Å². The number of nitrogens with one attached hydrogen (secondary N) is 2. The van der Waals surface area contributed by atoms with E-state index >= 15 is 0 Å². The molecule has 0 aliphatic rings. The third-order valence-electron chi connectivity index (χ3n) is 1.59. The first-order chi connectivity index (χ1) is 6.07. The number of hydrogen-bond donors (Lipinski definition) is 3. The molecule has 0 saturated heterocycles. The number of amides is 2. The molecule has 0 aromatic carbocycles. The Kier molecular flexibility index (Phi) is 6.22. The largest absolute Gasteiger partial charge is 0.392 e. The molecule has 1 atom stereocenters. The van der Waals surface area contributed by atoms with Crippen molar-refractivity contribution in [3.8, 4) is 0 Å². The lowest BCUT2D eigenvalue weighted by molar-refractivity contribution is 0.240. The van der Waals surface area contributed by atoms with Crippen molar-refractivity contribution in [2.75, 3.05) is 6.54 Å². The Morgan fingerprint density at radius 1 is 1.62 bits per heavy atom. The summed E-state index contributed by atoms with van der Waals surface area (Å²) in [5, 5.41) is 5.33. The Labute approximate surface area is 84.3 Å². The van der Waals surface area contributed by atoms with Crippen LogP contribution in [0.5, 0.6) is 0 Å². The van der Waals surface area contributed by atoms with E-state index < -0.39 is 0 Å². The van der Waals surface area contributed by atoms with Crippen LogP contribution in [-0.4, -0.2) is 23.6 Å². The maximum Gasteiger partial charge on any atom is 0.315 e. The van der Waals surface area contributed by atoms with Crippen LogP contribution in [0.25, 0.3) is 0 Å². The highest BCUT2D eigenvalue weighted by Gasteiger charge is 2.07. The van der Waals surface area contributed by atoms with Crippen LogP contribution in [0.2, 0.25) is 0 Å². The molecule has 4 N–H and O–H groups in total. The first-order valence-electron chi connectivity index (χ1n) is 4.41. The van der Waals surface area contributed by atoms with E-state index in [0.29, 0.717) is 11.5 Å². The summed E-state index contributed by atoms with van der Waals surface area (Å²) in [5.41, 5.74) is 5.33. The fourth-order valence-corrected chi connectivity index (χ4v) is 0.756. The molecule has 0 heterocycles. The summed E-state index contributed by atoms with van der Waals surface area (Å²) in [6.07, 6.45) is 2.04. The zero-order valence-corrected chi connectivity index (χ0v) is 8.91. The SMILES string of the molecule is CCCCNC(=O)NC(C)C(N)=S. The molecule has 0 aromatic heterocycles. The van der Waals surface area contributed by atoms with Gasteiger partial charge in [-0.2, -0.15) is 0 Å². The second kappa shape index (κ2) is 6.65. The smallest absolute Gasteiger partial charge is 0.315 e. The van der Waals surface area contributed by atoms with Crippen LogP contribution in [0.1, 0.15) is 26.7 Å². The monoisotopic (exact) mass is 203 g/mol. The van der Waals surface area contributed by atoms with Gasteiger partial charge in [-0.05, 0) is 13.3 Å². The summed E-state index contributed by atoms with van der Waals surface area (Å²) in [7, 11) is 0. The van der Waals surface area contributed by atoms with E-state index in [-0.39, 0.29) is 12.1 Å². The standard InChI is InChI=1S/C8H17N3OS/c1-3-4-5-10-8(12)11-6(2)7(9)13/h6H,3-5H2,1-2H3,(H2,9,13)(H2,10,11,12). The minimum atomic E-state index is -0.253. The van der Waals surface area contributed by atoms with Gasteiger partial charge in [0.15, 0.2) is 0 Å². The Bertz CT molecular complexity index is 184. The van der Waals surface area contributed by atoms with Crippen molar-refractivity contribution < 1.29 is 4.79 Å². The molecule has 0 aliphatic carbocycles. The predicted molar refractivity (Wildman–Crippen MR) is 57.7 cm³/mol. The van der Waals surface area contributed by atoms with Crippen molar-refractivity contribution in [1.82, 2.24) is 10.6 Å². The van der Waals surface area contributed by atoms with Gasteiger partial charge in [0.2, 0.25) is 0 Å². The first kappa shape index (κ1) is 12.2. The number of unbranched alkanes of at least 4 members (excludes halogenated alkanes) is 1. The van der Waals surface area contributed by atoms with Gasteiger partial charge in [-0.3, -0.25) is 0 Å². The molecular weight excluding hydrogens is 186 g/mol. The summed E-state index contributed by atoms with van der Waals surface area (Å²) in [5.74, 6) is 0. The number of nitrogens with two attached hydrogens (primary N) is 1. The molecular formula is C8H17N3OS. The van der Waals surface area contributed by atoms with Crippen molar-refractivity contribution in [3.05, 3.63) is 0 Å². The number of urea groups is 1. The molecule has 0 saturated carbocycles. The molecule has 76 valence electrons. The van der Waals surface area contributed by atoms with Crippen molar-refractivity contribution in [1.29, 1.82) is 0 Å². The molecule has 1 unspecified atom stereocenters. The van der Waals surface area contributed by atoms with E-state index in [1.165, 1.54) is 0 Å². The number of rotatable bonds is 5.